The van der Waals surface area contributed by atoms with Crippen molar-refractivity contribution in [2.45, 2.75) is 18.9 Å². The summed E-state index contributed by atoms with van der Waals surface area (Å²) in [6.45, 7) is 1.87. The highest BCUT2D eigenvalue weighted by atomic mass is 35.5. The van der Waals surface area contributed by atoms with E-state index in [0.29, 0.717) is 15.6 Å². The molecule has 1 aliphatic heterocycles. The van der Waals surface area contributed by atoms with Crippen molar-refractivity contribution in [3.63, 3.8) is 0 Å². The third-order valence-electron chi connectivity index (χ3n) is 3.25. The predicted octanol–water partition coefficient (Wildman–Crippen LogP) is 2.82. The molecule has 1 unspecified atom stereocenters. The van der Waals surface area contributed by atoms with Gasteiger partial charge < -0.3 is 10.2 Å². The van der Waals surface area contributed by atoms with E-state index in [9.17, 15) is 4.79 Å². The Kier molecular flexibility index (Phi) is 4.49. The third kappa shape index (κ3) is 3.16. The van der Waals surface area contributed by atoms with E-state index >= 15 is 0 Å². The molecule has 1 fully saturated rings. The molecule has 0 spiro atoms. The molecule has 18 heavy (non-hydrogen) atoms. The van der Waals surface area contributed by atoms with E-state index in [2.05, 4.69) is 5.32 Å². The predicted molar refractivity (Wildman–Crippen MR) is 74.4 cm³/mol. The van der Waals surface area contributed by atoms with Crippen molar-refractivity contribution in [2.24, 2.45) is 0 Å². The van der Waals surface area contributed by atoms with E-state index in [4.69, 9.17) is 23.2 Å². The Morgan fingerprint density at radius 3 is 2.56 bits per heavy atom. The normalized spacial score (nSPS) is 19.6. The smallest absolute Gasteiger partial charge is 0.253 e. The molecule has 1 aliphatic rings. The van der Waals surface area contributed by atoms with Crippen LogP contribution in [0, 0.1) is 0 Å². The molecule has 1 aromatic rings. The molecule has 0 aromatic heterocycles. The average molecular weight is 287 g/mol. The van der Waals surface area contributed by atoms with Gasteiger partial charge in [-0.25, -0.2) is 0 Å². The van der Waals surface area contributed by atoms with Gasteiger partial charge in [0, 0.05) is 35.2 Å². The Morgan fingerprint density at radius 2 is 2.00 bits per heavy atom. The van der Waals surface area contributed by atoms with Gasteiger partial charge in [-0.1, -0.05) is 23.2 Å². The third-order valence-corrected chi connectivity index (χ3v) is 3.68. The van der Waals surface area contributed by atoms with Crippen LogP contribution in [-0.4, -0.2) is 37.0 Å². The van der Waals surface area contributed by atoms with Gasteiger partial charge in [0.15, 0.2) is 0 Å². The Morgan fingerprint density at radius 1 is 1.33 bits per heavy atom. The summed E-state index contributed by atoms with van der Waals surface area (Å²) in [6, 6.07) is 5.18. The Balaban J connectivity index is 2.14. The fourth-order valence-corrected chi connectivity index (χ4v) is 2.74. The Hall–Kier alpha value is -0.770. The standard InChI is InChI=1S/C13H16Cl2N2O/c1-17(12-3-2-4-16-8-12)13(18)9-5-10(14)7-11(15)6-9/h5-7,12,16H,2-4,8H2,1H3. The largest absolute Gasteiger partial charge is 0.337 e. The molecule has 1 N–H and O–H groups in total. The van der Waals surface area contributed by atoms with Gasteiger partial charge in [0.2, 0.25) is 0 Å². The lowest BCUT2D eigenvalue weighted by molar-refractivity contribution is 0.0708. The van der Waals surface area contributed by atoms with Crippen LogP contribution in [0.25, 0.3) is 0 Å². The number of hydrogen-bond acceptors (Lipinski definition) is 2. The fraction of sp³-hybridized carbons (Fsp3) is 0.462. The first-order chi connectivity index (χ1) is 8.58. The zero-order chi connectivity index (χ0) is 13.1. The van der Waals surface area contributed by atoms with Crippen LogP contribution in [0.2, 0.25) is 10.0 Å². The summed E-state index contributed by atoms with van der Waals surface area (Å²) in [5, 5.41) is 4.27. The van der Waals surface area contributed by atoms with Crippen LogP contribution in [0.4, 0.5) is 0 Å². The van der Waals surface area contributed by atoms with Crippen molar-refractivity contribution in [3.05, 3.63) is 33.8 Å². The maximum absolute atomic E-state index is 12.3. The highest BCUT2D eigenvalue weighted by Crippen LogP contribution is 2.21. The molecule has 1 aromatic carbocycles. The van der Waals surface area contributed by atoms with Crippen molar-refractivity contribution in [1.82, 2.24) is 10.2 Å². The quantitative estimate of drug-likeness (QED) is 0.907. The number of carbonyl (C=O) groups excluding carboxylic acids is 1. The summed E-state index contributed by atoms with van der Waals surface area (Å²) < 4.78 is 0. The van der Waals surface area contributed by atoms with Crippen LogP contribution < -0.4 is 5.32 Å². The molecule has 1 heterocycles. The fourth-order valence-electron chi connectivity index (χ4n) is 2.21. The monoisotopic (exact) mass is 286 g/mol. The van der Waals surface area contributed by atoms with E-state index in [1.54, 1.807) is 23.1 Å². The molecular weight excluding hydrogens is 271 g/mol. The van der Waals surface area contributed by atoms with Gasteiger partial charge in [0.05, 0.1) is 0 Å². The van der Waals surface area contributed by atoms with Gasteiger partial charge in [-0.3, -0.25) is 4.79 Å². The van der Waals surface area contributed by atoms with Gasteiger partial charge in [-0.2, -0.15) is 0 Å². The molecule has 5 heteroatoms. The van der Waals surface area contributed by atoms with Crippen LogP contribution in [-0.2, 0) is 0 Å². The summed E-state index contributed by atoms with van der Waals surface area (Å²) in [7, 11) is 1.83. The number of nitrogens with one attached hydrogen (secondary N) is 1. The number of hydrogen-bond donors (Lipinski definition) is 1. The number of likely N-dealkylation sites (N-methyl/N-ethyl adjacent to an activating group) is 1. The zero-order valence-electron chi connectivity index (χ0n) is 10.2. The summed E-state index contributed by atoms with van der Waals surface area (Å²) in [6.07, 6.45) is 2.13. The maximum Gasteiger partial charge on any atom is 0.253 e. The molecule has 0 saturated carbocycles. The van der Waals surface area contributed by atoms with E-state index in [1.165, 1.54) is 0 Å². The van der Waals surface area contributed by atoms with Crippen molar-refractivity contribution < 1.29 is 4.79 Å². The maximum atomic E-state index is 12.3. The number of benzene rings is 1. The van der Waals surface area contributed by atoms with Gasteiger partial charge in [-0.05, 0) is 37.6 Å². The average Bonchev–Trinajstić information content (AvgIpc) is 2.37. The van der Waals surface area contributed by atoms with Crippen LogP contribution >= 0.6 is 23.2 Å². The molecule has 0 aliphatic carbocycles. The number of halogens is 2. The van der Waals surface area contributed by atoms with Crippen LogP contribution in [0.5, 0.6) is 0 Å². The first-order valence-corrected chi connectivity index (χ1v) is 6.77. The molecule has 0 radical (unpaired) electrons. The highest BCUT2D eigenvalue weighted by Gasteiger charge is 2.23. The first kappa shape index (κ1) is 13.7. The van der Waals surface area contributed by atoms with Crippen LogP contribution in [0.3, 0.4) is 0 Å². The van der Waals surface area contributed by atoms with Crippen LogP contribution in [0.15, 0.2) is 18.2 Å². The van der Waals surface area contributed by atoms with E-state index < -0.39 is 0 Å². The second kappa shape index (κ2) is 5.91. The lowest BCUT2D eigenvalue weighted by Gasteiger charge is -2.31. The minimum Gasteiger partial charge on any atom is -0.337 e. The van der Waals surface area contributed by atoms with Gasteiger partial charge in [-0.15, -0.1) is 0 Å². The lowest BCUT2D eigenvalue weighted by atomic mass is 10.1. The van der Waals surface area contributed by atoms with Gasteiger partial charge >= 0.3 is 0 Å². The minimum atomic E-state index is -0.0342. The van der Waals surface area contributed by atoms with Crippen LogP contribution in [0.1, 0.15) is 23.2 Å². The number of nitrogens with zero attached hydrogens (tertiary/aromatic N) is 1. The second-order valence-corrected chi connectivity index (χ2v) is 5.45. The van der Waals surface area contributed by atoms with Crippen molar-refractivity contribution >= 4 is 29.1 Å². The number of amides is 1. The molecular formula is C13H16Cl2N2O. The molecule has 98 valence electrons. The number of carbonyl (C=O) groups is 1. The van der Waals surface area contributed by atoms with Crippen molar-refractivity contribution in [3.8, 4) is 0 Å². The van der Waals surface area contributed by atoms with E-state index in [0.717, 1.165) is 25.9 Å². The number of piperidine rings is 1. The summed E-state index contributed by atoms with van der Waals surface area (Å²) in [5.41, 5.74) is 0.542. The summed E-state index contributed by atoms with van der Waals surface area (Å²) in [5.74, 6) is -0.0342. The second-order valence-electron chi connectivity index (χ2n) is 4.57. The van der Waals surface area contributed by atoms with Crippen molar-refractivity contribution in [2.75, 3.05) is 20.1 Å². The lowest BCUT2D eigenvalue weighted by Crippen LogP contribution is -2.46. The molecule has 1 atom stereocenters. The SMILES string of the molecule is CN(C(=O)c1cc(Cl)cc(Cl)c1)C1CCCNC1. The van der Waals surface area contributed by atoms with E-state index in [-0.39, 0.29) is 11.9 Å². The molecule has 3 nitrogen and oxygen atoms in total. The zero-order valence-corrected chi connectivity index (χ0v) is 11.8. The first-order valence-electron chi connectivity index (χ1n) is 6.02. The summed E-state index contributed by atoms with van der Waals surface area (Å²) >= 11 is 11.8. The summed E-state index contributed by atoms with van der Waals surface area (Å²) in [4.78, 5) is 14.1. The van der Waals surface area contributed by atoms with Gasteiger partial charge in [0.25, 0.3) is 5.91 Å². The highest BCUT2D eigenvalue weighted by molar-refractivity contribution is 6.35. The van der Waals surface area contributed by atoms with Gasteiger partial charge in [0.1, 0.15) is 0 Å². The van der Waals surface area contributed by atoms with E-state index in [1.807, 2.05) is 7.05 Å². The Bertz CT molecular complexity index is 424. The topological polar surface area (TPSA) is 32.3 Å². The molecule has 1 saturated heterocycles. The molecule has 1 amide bonds. The molecule has 2 rings (SSSR count). The molecule has 0 bridgehead atoms. The van der Waals surface area contributed by atoms with Crippen molar-refractivity contribution in [1.29, 1.82) is 0 Å². The minimum absolute atomic E-state index is 0.0342. The Labute approximate surface area is 117 Å². The number of rotatable bonds is 2.